The number of carboxylic acids is 1. The fourth-order valence-corrected chi connectivity index (χ4v) is 0.506. The minimum absolute atomic E-state index is 0.316. The van der Waals surface area contributed by atoms with E-state index < -0.39 is 16.3 Å². The topological polar surface area (TPSA) is 71.4 Å². The molecular weight excluding hydrogens is 144 g/mol. The molecule has 1 N–H and O–H groups in total. The predicted molar refractivity (Wildman–Crippen MR) is 30.7 cm³/mol. The Morgan fingerprint density at radius 3 is 2.11 bits per heavy atom. The van der Waals surface area contributed by atoms with E-state index in [-0.39, 0.29) is 5.57 Å². The molecule has 50 valence electrons. The second-order valence-electron chi connectivity index (χ2n) is 1.27. The molecule has 0 bridgehead atoms. The fraction of sp³-hybridized carbons (Fsp3) is 0.250. The maximum absolute atomic E-state index is 9.86. The van der Waals surface area contributed by atoms with Gasteiger partial charge in [0.05, 0.1) is 5.57 Å². The number of hydrogen-bond acceptors (Lipinski definition) is 3. The molecular formula is C4H4O4S. The average Bonchev–Trinajstić information content (AvgIpc) is 1.63. The third-order valence-corrected chi connectivity index (χ3v) is 1.03. The monoisotopic (exact) mass is 148 g/mol. The number of aliphatic carboxylic acids is 1. The molecule has 0 spiro atoms. The van der Waals surface area contributed by atoms with E-state index >= 15 is 0 Å². The molecule has 0 aromatic carbocycles. The molecule has 0 heterocycles. The van der Waals surface area contributed by atoms with Crippen LogP contribution in [0, 0.1) is 0 Å². The van der Waals surface area contributed by atoms with Crippen LogP contribution >= 0.6 is 0 Å². The lowest BCUT2D eigenvalue weighted by Gasteiger charge is -1.78. The summed E-state index contributed by atoms with van der Waals surface area (Å²) in [6, 6.07) is 0. The van der Waals surface area contributed by atoms with E-state index in [1.165, 1.54) is 0 Å². The first-order chi connectivity index (χ1) is 4.04. The molecule has 4 nitrogen and oxygen atoms in total. The highest BCUT2D eigenvalue weighted by atomic mass is 32.2. The molecule has 5 heteroatoms. The van der Waals surface area contributed by atoms with E-state index in [1.807, 2.05) is 0 Å². The summed E-state index contributed by atoms with van der Waals surface area (Å²) >= 11 is 0. The quantitative estimate of drug-likeness (QED) is 0.394. The van der Waals surface area contributed by atoms with Crippen molar-refractivity contribution in [3.63, 3.8) is 0 Å². The maximum atomic E-state index is 9.86. The zero-order valence-electron chi connectivity index (χ0n) is 4.58. The summed E-state index contributed by atoms with van der Waals surface area (Å²) < 4.78 is 19.4. The number of rotatable bonds is 1. The highest BCUT2D eigenvalue weighted by Crippen LogP contribution is 1.80. The summed E-state index contributed by atoms with van der Waals surface area (Å²) in [5.74, 6) is -1.28. The predicted octanol–water partition coefficient (Wildman–Crippen LogP) is -0.702. The van der Waals surface area contributed by atoms with E-state index in [4.69, 9.17) is 5.11 Å². The van der Waals surface area contributed by atoms with Crippen LogP contribution in [0.5, 0.6) is 0 Å². The Hall–Kier alpha value is -1.06. The van der Waals surface area contributed by atoms with Crippen LogP contribution in [0.1, 0.15) is 6.92 Å². The van der Waals surface area contributed by atoms with Crippen LogP contribution in [0.15, 0.2) is 5.57 Å². The van der Waals surface area contributed by atoms with E-state index in [0.717, 1.165) is 6.92 Å². The fourth-order valence-electron chi connectivity index (χ4n) is 0.169. The smallest absolute Gasteiger partial charge is 0.340 e. The molecule has 0 aromatic rings. The third-order valence-electron chi connectivity index (χ3n) is 0.557. The standard InChI is InChI=1S/C4H4O4S/c1-3(4(5)6)2-9(7)8/h1H3,(H,5,6). The molecule has 0 radical (unpaired) electrons. The largest absolute Gasteiger partial charge is 0.477 e. The summed E-state index contributed by atoms with van der Waals surface area (Å²) in [6.07, 6.45) is 0. The van der Waals surface area contributed by atoms with Crippen molar-refractivity contribution in [2.45, 2.75) is 6.92 Å². The Bertz CT molecular complexity index is 270. The van der Waals surface area contributed by atoms with Crippen molar-refractivity contribution >= 4 is 21.3 Å². The average molecular weight is 148 g/mol. The normalized spacial score (nSPS) is 7.67. The van der Waals surface area contributed by atoms with Crippen molar-refractivity contribution in [2.24, 2.45) is 0 Å². The highest BCUT2D eigenvalue weighted by molar-refractivity contribution is 7.71. The Morgan fingerprint density at radius 1 is 1.56 bits per heavy atom. The minimum atomic E-state index is -2.53. The Labute approximate surface area is 53.0 Å². The van der Waals surface area contributed by atoms with Gasteiger partial charge in [-0.2, -0.15) is 8.42 Å². The summed E-state index contributed by atoms with van der Waals surface area (Å²) in [4.78, 5) is 9.86. The lowest BCUT2D eigenvalue weighted by molar-refractivity contribution is -0.132. The summed E-state index contributed by atoms with van der Waals surface area (Å²) in [7, 11) is -2.53. The Kier molecular flexibility index (Phi) is 2.70. The Balaban J connectivity index is 5.02. The molecule has 0 aliphatic carbocycles. The zero-order valence-corrected chi connectivity index (χ0v) is 5.40. The van der Waals surface area contributed by atoms with Crippen molar-refractivity contribution in [3.8, 4) is 0 Å². The van der Waals surface area contributed by atoms with Crippen LogP contribution in [0.4, 0.5) is 0 Å². The first kappa shape index (κ1) is 7.94. The van der Waals surface area contributed by atoms with E-state index in [1.54, 1.807) is 5.02 Å². The molecule has 0 saturated heterocycles. The number of hydrogen-bond donors (Lipinski definition) is 1. The first-order valence-electron chi connectivity index (χ1n) is 1.97. The molecule has 0 aliphatic heterocycles. The molecule has 0 unspecified atom stereocenters. The van der Waals surface area contributed by atoms with E-state index in [0.29, 0.717) is 0 Å². The van der Waals surface area contributed by atoms with Crippen molar-refractivity contribution < 1.29 is 18.3 Å². The lowest BCUT2D eigenvalue weighted by atomic mass is 10.4. The van der Waals surface area contributed by atoms with Crippen LogP contribution in [0.3, 0.4) is 0 Å². The summed E-state index contributed by atoms with van der Waals surface area (Å²) in [5, 5.41) is 9.73. The van der Waals surface area contributed by atoms with Gasteiger partial charge in [-0.25, -0.2) is 4.79 Å². The molecule has 0 fully saturated rings. The van der Waals surface area contributed by atoms with Gasteiger partial charge in [-0.1, -0.05) is 0 Å². The van der Waals surface area contributed by atoms with Gasteiger partial charge in [-0.15, -0.1) is 0 Å². The van der Waals surface area contributed by atoms with Gasteiger partial charge in [0, 0.05) is 5.02 Å². The van der Waals surface area contributed by atoms with Crippen LogP contribution in [0.25, 0.3) is 0 Å². The zero-order chi connectivity index (χ0) is 7.44. The van der Waals surface area contributed by atoms with Gasteiger partial charge in [0.2, 0.25) is 0 Å². The number of carbonyl (C=O) groups is 1. The highest BCUT2D eigenvalue weighted by Gasteiger charge is 1.96. The van der Waals surface area contributed by atoms with Crippen LogP contribution < -0.4 is 0 Å². The summed E-state index contributed by atoms with van der Waals surface area (Å²) in [6.45, 7) is 1.15. The van der Waals surface area contributed by atoms with Gasteiger partial charge in [0.1, 0.15) is 0 Å². The van der Waals surface area contributed by atoms with Crippen LogP contribution in [-0.2, 0) is 15.1 Å². The number of carboxylic acid groups (broad SMARTS) is 1. The molecule has 0 aliphatic rings. The third kappa shape index (κ3) is 3.52. The molecule has 9 heavy (non-hydrogen) atoms. The Morgan fingerprint density at radius 2 is 2.00 bits per heavy atom. The molecule has 0 rings (SSSR count). The maximum Gasteiger partial charge on any atom is 0.340 e. The van der Waals surface area contributed by atoms with Crippen LogP contribution in [0.2, 0.25) is 0 Å². The van der Waals surface area contributed by atoms with Crippen molar-refractivity contribution in [2.75, 3.05) is 0 Å². The van der Waals surface area contributed by atoms with E-state index in [9.17, 15) is 13.2 Å². The second kappa shape index (κ2) is 3.06. The van der Waals surface area contributed by atoms with Gasteiger partial charge >= 0.3 is 5.97 Å². The van der Waals surface area contributed by atoms with Crippen LogP contribution in [-0.4, -0.2) is 24.5 Å². The molecule has 0 aromatic heterocycles. The lowest BCUT2D eigenvalue weighted by Crippen LogP contribution is -1.95. The van der Waals surface area contributed by atoms with Crippen molar-refractivity contribution in [3.05, 3.63) is 5.57 Å². The van der Waals surface area contributed by atoms with E-state index in [2.05, 4.69) is 0 Å². The van der Waals surface area contributed by atoms with Crippen molar-refractivity contribution in [1.82, 2.24) is 0 Å². The van der Waals surface area contributed by atoms with Gasteiger partial charge in [0.25, 0.3) is 10.3 Å². The minimum Gasteiger partial charge on any atom is -0.477 e. The second-order valence-corrected chi connectivity index (χ2v) is 1.94. The molecule has 0 saturated carbocycles. The summed E-state index contributed by atoms with van der Waals surface area (Å²) in [5.41, 5.74) is -0.316. The van der Waals surface area contributed by atoms with Gasteiger partial charge in [0.15, 0.2) is 0 Å². The SMILES string of the molecule is CC(=C=S(=O)=O)C(=O)O. The molecule has 0 atom stereocenters. The van der Waals surface area contributed by atoms with Gasteiger partial charge in [-0.05, 0) is 6.92 Å². The van der Waals surface area contributed by atoms with Gasteiger partial charge < -0.3 is 5.11 Å². The molecule has 0 amide bonds. The first-order valence-corrected chi connectivity index (χ1v) is 3.04. The van der Waals surface area contributed by atoms with Gasteiger partial charge in [-0.3, -0.25) is 0 Å². The van der Waals surface area contributed by atoms with Crippen molar-refractivity contribution in [1.29, 1.82) is 0 Å².